The molecule has 1 aliphatic heterocycles. The summed E-state index contributed by atoms with van der Waals surface area (Å²) < 4.78 is 11.0. The highest BCUT2D eigenvalue weighted by Gasteiger charge is 2.41. The predicted octanol–water partition coefficient (Wildman–Crippen LogP) is 4.71. The third-order valence-corrected chi connectivity index (χ3v) is 7.43. The minimum absolute atomic E-state index is 0.00828. The van der Waals surface area contributed by atoms with Crippen LogP contribution in [0.1, 0.15) is 39.2 Å². The predicted molar refractivity (Wildman–Crippen MR) is 140 cm³/mol. The number of aromatic amines is 1. The Morgan fingerprint density at radius 2 is 1.86 bits per heavy atom. The monoisotopic (exact) mass is 490 g/mol. The smallest absolute Gasteiger partial charge is 0.311 e. The number of H-pyrrole nitrogens is 1. The molecule has 2 atom stereocenters. The number of ether oxygens (including phenoxy) is 2. The summed E-state index contributed by atoms with van der Waals surface area (Å²) in [4.78, 5) is 42.8. The molecule has 1 aromatic heterocycles. The lowest BCUT2D eigenvalue weighted by atomic mass is 9.74. The SMILES string of the molecule is COC(=O)C(C)(C)C1CCCN(C(=O)[C@@H](C)Oc2ccc3c(-c4ccccc4C)c[nH]c(=O)c3c2)C1. The maximum atomic E-state index is 13.2. The summed E-state index contributed by atoms with van der Waals surface area (Å²) >= 11 is 0. The summed E-state index contributed by atoms with van der Waals surface area (Å²) in [5.41, 5.74) is 2.21. The van der Waals surface area contributed by atoms with Crippen LogP contribution in [0.4, 0.5) is 0 Å². The molecule has 0 saturated carbocycles. The summed E-state index contributed by atoms with van der Waals surface area (Å²) in [6, 6.07) is 13.4. The van der Waals surface area contributed by atoms with Crippen molar-refractivity contribution in [2.24, 2.45) is 11.3 Å². The normalized spacial score (nSPS) is 17.0. The van der Waals surface area contributed by atoms with E-state index in [1.54, 1.807) is 30.2 Å². The maximum absolute atomic E-state index is 13.2. The van der Waals surface area contributed by atoms with Crippen LogP contribution in [-0.2, 0) is 14.3 Å². The quantitative estimate of drug-likeness (QED) is 0.506. The molecule has 190 valence electrons. The molecule has 3 aromatic rings. The van der Waals surface area contributed by atoms with Gasteiger partial charge in [0.05, 0.1) is 17.9 Å². The fraction of sp³-hybridized carbons (Fsp3) is 0.414. The topological polar surface area (TPSA) is 88.7 Å². The van der Waals surface area contributed by atoms with Crippen molar-refractivity contribution in [3.8, 4) is 16.9 Å². The van der Waals surface area contributed by atoms with E-state index in [9.17, 15) is 14.4 Å². The van der Waals surface area contributed by atoms with Crippen LogP contribution in [0.2, 0.25) is 0 Å². The summed E-state index contributed by atoms with van der Waals surface area (Å²) in [5.74, 6) is 0.0637. The molecule has 0 spiro atoms. The van der Waals surface area contributed by atoms with E-state index in [-0.39, 0.29) is 23.4 Å². The molecule has 0 aliphatic carbocycles. The minimum Gasteiger partial charge on any atom is -0.481 e. The highest BCUT2D eigenvalue weighted by atomic mass is 16.5. The van der Waals surface area contributed by atoms with Gasteiger partial charge in [-0.3, -0.25) is 14.4 Å². The van der Waals surface area contributed by atoms with Crippen LogP contribution in [0.5, 0.6) is 5.75 Å². The second kappa shape index (κ2) is 10.2. The molecule has 36 heavy (non-hydrogen) atoms. The molecule has 1 fully saturated rings. The van der Waals surface area contributed by atoms with Crippen molar-refractivity contribution in [2.75, 3.05) is 20.2 Å². The Balaban J connectivity index is 1.54. The first kappa shape index (κ1) is 25.5. The number of hydrogen-bond acceptors (Lipinski definition) is 5. The van der Waals surface area contributed by atoms with Crippen LogP contribution in [0.15, 0.2) is 53.5 Å². The summed E-state index contributed by atoms with van der Waals surface area (Å²) in [6.07, 6.45) is 2.68. The molecule has 0 radical (unpaired) electrons. The third kappa shape index (κ3) is 4.87. The molecule has 1 aliphatic rings. The molecule has 2 heterocycles. The molecule has 4 rings (SSSR count). The van der Waals surface area contributed by atoms with Crippen LogP contribution in [0, 0.1) is 18.3 Å². The second-order valence-corrected chi connectivity index (χ2v) is 10.2. The number of likely N-dealkylation sites (tertiary alicyclic amines) is 1. The van der Waals surface area contributed by atoms with Crippen LogP contribution < -0.4 is 10.3 Å². The van der Waals surface area contributed by atoms with Gasteiger partial charge < -0.3 is 19.4 Å². The van der Waals surface area contributed by atoms with Crippen molar-refractivity contribution in [3.05, 3.63) is 64.6 Å². The molecule has 1 N–H and O–H groups in total. The number of carbonyl (C=O) groups excluding carboxylic acids is 2. The number of piperidine rings is 1. The highest BCUT2D eigenvalue weighted by Crippen LogP contribution is 2.35. The van der Waals surface area contributed by atoms with Crippen molar-refractivity contribution in [1.29, 1.82) is 0 Å². The van der Waals surface area contributed by atoms with Gasteiger partial charge >= 0.3 is 5.97 Å². The van der Waals surface area contributed by atoms with Crippen LogP contribution in [0.25, 0.3) is 21.9 Å². The number of methoxy groups -OCH3 is 1. The minimum atomic E-state index is -0.735. The van der Waals surface area contributed by atoms with Crippen LogP contribution in [-0.4, -0.2) is 48.1 Å². The number of nitrogens with zero attached hydrogens (tertiary/aromatic N) is 1. The van der Waals surface area contributed by atoms with E-state index in [1.807, 2.05) is 51.1 Å². The largest absolute Gasteiger partial charge is 0.481 e. The zero-order valence-electron chi connectivity index (χ0n) is 21.6. The lowest BCUT2D eigenvalue weighted by Crippen LogP contribution is -2.50. The van der Waals surface area contributed by atoms with Crippen molar-refractivity contribution >= 4 is 22.6 Å². The Kier molecular flexibility index (Phi) is 7.20. The number of fused-ring (bicyclic) bond motifs is 1. The molecule has 0 bridgehead atoms. The van der Waals surface area contributed by atoms with Gasteiger partial charge in [-0.2, -0.15) is 0 Å². The van der Waals surface area contributed by atoms with Gasteiger partial charge in [0, 0.05) is 24.8 Å². The molecule has 1 amide bonds. The highest BCUT2D eigenvalue weighted by molar-refractivity contribution is 5.97. The molecular formula is C29H34N2O5. The number of aryl methyl sites for hydroxylation is 1. The number of carbonyl (C=O) groups is 2. The van der Waals surface area contributed by atoms with Gasteiger partial charge in [0.1, 0.15) is 5.75 Å². The van der Waals surface area contributed by atoms with E-state index >= 15 is 0 Å². The van der Waals surface area contributed by atoms with E-state index in [0.29, 0.717) is 24.2 Å². The number of hydrogen-bond donors (Lipinski definition) is 1. The number of esters is 1. The summed E-state index contributed by atoms with van der Waals surface area (Å²) in [6.45, 7) is 8.60. The van der Waals surface area contributed by atoms with Crippen LogP contribution in [0.3, 0.4) is 0 Å². The molecule has 7 nitrogen and oxygen atoms in total. The number of aromatic nitrogens is 1. The Morgan fingerprint density at radius 1 is 1.11 bits per heavy atom. The summed E-state index contributed by atoms with van der Waals surface area (Å²) in [7, 11) is 1.39. The van der Waals surface area contributed by atoms with Crippen molar-refractivity contribution in [2.45, 2.75) is 46.6 Å². The zero-order chi connectivity index (χ0) is 26.0. The second-order valence-electron chi connectivity index (χ2n) is 10.2. The summed E-state index contributed by atoms with van der Waals surface area (Å²) in [5, 5.41) is 1.33. The van der Waals surface area contributed by atoms with Gasteiger partial charge in [-0.15, -0.1) is 0 Å². The van der Waals surface area contributed by atoms with Crippen molar-refractivity contribution in [3.63, 3.8) is 0 Å². The van der Waals surface area contributed by atoms with Gasteiger partial charge in [0.15, 0.2) is 6.10 Å². The number of amides is 1. The molecule has 1 unspecified atom stereocenters. The Morgan fingerprint density at radius 3 is 2.58 bits per heavy atom. The molecule has 1 saturated heterocycles. The lowest BCUT2D eigenvalue weighted by Gasteiger charge is -2.40. The van der Waals surface area contributed by atoms with E-state index < -0.39 is 11.5 Å². The van der Waals surface area contributed by atoms with Crippen LogP contribution >= 0.6 is 0 Å². The van der Waals surface area contributed by atoms with Gasteiger partial charge in [0.25, 0.3) is 11.5 Å². The fourth-order valence-electron chi connectivity index (χ4n) is 5.12. The first-order valence-electron chi connectivity index (χ1n) is 12.4. The number of pyridine rings is 1. The number of benzene rings is 2. The lowest BCUT2D eigenvalue weighted by molar-refractivity contribution is -0.157. The molecular weight excluding hydrogens is 456 g/mol. The van der Waals surface area contributed by atoms with Crippen molar-refractivity contribution in [1.82, 2.24) is 9.88 Å². The first-order valence-corrected chi connectivity index (χ1v) is 12.4. The van der Waals surface area contributed by atoms with Gasteiger partial charge in [-0.05, 0) is 81.2 Å². The van der Waals surface area contributed by atoms with E-state index in [1.165, 1.54) is 7.11 Å². The standard InChI is InChI=1S/C29H34N2O5/c1-18-9-6-7-11-22(18)25-16-30-26(32)24-15-21(12-13-23(24)25)36-19(2)27(33)31-14-8-10-20(17-31)29(3,4)28(34)35-5/h6-7,9,11-13,15-16,19-20H,8,10,14,17H2,1-5H3,(H,30,32)/t19-,20?/m1/s1. The average Bonchev–Trinajstić information content (AvgIpc) is 2.88. The van der Waals surface area contributed by atoms with Gasteiger partial charge in [-0.1, -0.05) is 24.3 Å². The fourth-order valence-corrected chi connectivity index (χ4v) is 5.12. The van der Waals surface area contributed by atoms with E-state index in [0.717, 1.165) is 34.9 Å². The zero-order valence-corrected chi connectivity index (χ0v) is 21.6. The third-order valence-electron chi connectivity index (χ3n) is 7.43. The Labute approximate surface area is 211 Å². The Bertz CT molecular complexity index is 1340. The van der Waals surface area contributed by atoms with Gasteiger partial charge in [0.2, 0.25) is 0 Å². The maximum Gasteiger partial charge on any atom is 0.311 e. The molecule has 7 heteroatoms. The van der Waals surface area contributed by atoms with Gasteiger partial charge in [-0.25, -0.2) is 0 Å². The number of rotatable bonds is 6. The molecule has 2 aromatic carbocycles. The number of nitrogens with one attached hydrogen (secondary N) is 1. The Hall–Kier alpha value is -3.61. The van der Waals surface area contributed by atoms with Crippen molar-refractivity contribution < 1.29 is 19.1 Å². The average molecular weight is 491 g/mol. The van der Waals surface area contributed by atoms with E-state index in [2.05, 4.69) is 4.98 Å². The van der Waals surface area contributed by atoms with E-state index in [4.69, 9.17) is 9.47 Å². The first-order chi connectivity index (χ1) is 17.1.